The summed E-state index contributed by atoms with van der Waals surface area (Å²) < 4.78 is 13.0. The molecule has 0 aliphatic carbocycles. The number of carbonyl (C=O) groups is 2. The van der Waals surface area contributed by atoms with E-state index in [4.69, 9.17) is 0 Å². The molecule has 27 heavy (non-hydrogen) atoms. The number of hydrogen-bond donors (Lipinski definition) is 4. The lowest BCUT2D eigenvalue weighted by Crippen LogP contribution is -2.50. The van der Waals surface area contributed by atoms with E-state index in [1.807, 2.05) is 37.3 Å². The van der Waals surface area contributed by atoms with Crippen LogP contribution >= 0.6 is 0 Å². The Labute approximate surface area is 157 Å². The monoisotopic (exact) mass is 370 g/mol. The van der Waals surface area contributed by atoms with Gasteiger partial charge in [-0.3, -0.25) is 20.4 Å². The Kier molecular flexibility index (Phi) is 6.16. The average molecular weight is 370 g/mol. The second-order valence-corrected chi connectivity index (χ2v) is 6.73. The molecule has 0 radical (unpaired) electrons. The molecule has 0 spiro atoms. The van der Waals surface area contributed by atoms with Gasteiger partial charge in [-0.15, -0.1) is 0 Å². The van der Waals surface area contributed by atoms with Crippen LogP contribution in [0.2, 0.25) is 0 Å². The first-order valence-corrected chi connectivity index (χ1v) is 8.93. The van der Waals surface area contributed by atoms with Gasteiger partial charge in [-0.05, 0) is 35.6 Å². The van der Waals surface area contributed by atoms with Crippen LogP contribution in [0.15, 0.2) is 54.6 Å². The van der Waals surface area contributed by atoms with Crippen molar-refractivity contribution in [3.8, 4) is 0 Å². The average Bonchev–Trinajstić information content (AvgIpc) is 3.17. The molecule has 7 heteroatoms. The summed E-state index contributed by atoms with van der Waals surface area (Å²) in [6.07, 6.45) is 0.770. The maximum Gasteiger partial charge on any atom is 0.256 e. The van der Waals surface area contributed by atoms with Gasteiger partial charge in [0.1, 0.15) is 11.9 Å². The van der Waals surface area contributed by atoms with Gasteiger partial charge in [-0.25, -0.2) is 15.2 Å². The van der Waals surface area contributed by atoms with Crippen molar-refractivity contribution >= 4 is 11.8 Å². The second kappa shape index (κ2) is 8.75. The summed E-state index contributed by atoms with van der Waals surface area (Å²) in [4.78, 5) is 24.3. The highest BCUT2D eigenvalue weighted by atomic mass is 19.1. The molecule has 2 amide bonds. The molecule has 142 valence electrons. The number of amides is 2. The van der Waals surface area contributed by atoms with Crippen LogP contribution in [0, 0.1) is 5.82 Å². The quantitative estimate of drug-likeness (QED) is 0.608. The highest BCUT2D eigenvalue weighted by Crippen LogP contribution is 2.22. The van der Waals surface area contributed by atoms with Crippen molar-refractivity contribution < 1.29 is 14.0 Å². The summed E-state index contributed by atoms with van der Waals surface area (Å²) in [6.45, 7) is 1.88. The molecule has 2 aromatic carbocycles. The van der Waals surface area contributed by atoms with Crippen LogP contribution in [0.4, 0.5) is 4.39 Å². The maximum absolute atomic E-state index is 13.0. The van der Waals surface area contributed by atoms with E-state index in [-0.39, 0.29) is 36.0 Å². The standard InChI is InChI=1S/C20H23FN4O2/c1-13(14-7-9-16(21)10-8-14)11-19(26)24-25-20(27)18-12-17(22-23-18)15-5-3-2-4-6-15/h2-10,13,17-18,22-23H,11-12H2,1H3,(H,24,26)(H,25,27). The van der Waals surface area contributed by atoms with Crippen LogP contribution in [0.25, 0.3) is 0 Å². The molecule has 1 saturated heterocycles. The lowest BCUT2D eigenvalue weighted by atomic mass is 9.98. The molecular formula is C20H23FN4O2. The molecule has 0 aromatic heterocycles. The Hall–Kier alpha value is -2.77. The van der Waals surface area contributed by atoms with Gasteiger partial charge >= 0.3 is 0 Å². The summed E-state index contributed by atoms with van der Waals surface area (Å²) in [5, 5.41) is 0. The lowest BCUT2D eigenvalue weighted by molar-refractivity contribution is -0.130. The van der Waals surface area contributed by atoms with Gasteiger partial charge in [0.25, 0.3) is 5.91 Å². The van der Waals surface area contributed by atoms with E-state index in [0.29, 0.717) is 6.42 Å². The van der Waals surface area contributed by atoms with E-state index >= 15 is 0 Å². The fraction of sp³-hybridized carbons (Fsp3) is 0.300. The zero-order valence-corrected chi connectivity index (χ0v) is 15.0. The zero-order chi connectivity index (χ0) is 19.2. The first-order chi connectivity index (χ1) is 13.0. The number of hydrogen-bond acceptors (Lipinski definition) is 4. The number of halogens is 1. The fourth-order valence-corrected chi connectivity index (χ4v) is 3.09. The minimum Gasteiger partial charge on any atom is -0.273 e. The molecular weight excluding hydrogens is 347 g/mol. The summed E-state index contributed by atoms with van der Waals surface area (Å²) in [5.74, 6) is -1.00. The fourth-order valence-electron chi connectivity index (χ4n) is 3.09. The van der Waals surface area contributed by atoms with Crippen molar-refractivity contribution in [3.63, 3.8) is 0 Å². The van der Waals surface area contributed by atoms with Gasteiger partial charge in [0.15, 0.2) is 0 Å². The van der Waals surface area contributed by atoms with Gasteiger partial charge in [0.2, 0.25) is 5.91 Å². The van der Waals surface area contributed by atoms with Gasteiger partial charge in [0.05, 0.1) is 0 Å². The minimum atomic E-state index is -0.440. The second-order valence-electron chi connectivity index (χ2n) is 6.73. The van der Waals surface area contributed by atoms with Crippen molar-refractivity contribution in [2.45, 2.75) is 37.8 Å². The normalized spacial score (nSPS) is 20.1. The van der Waals surface area contributed by atoms with Crippen LogP contribution in [0.5, 0.6) is 0 Å². The van der Waals surface area contributed by atoms with E-state index < -0.39 is 6.04 Å². The summed E-state index contributed by atoms with van der Waals surface area (Å²) in [5.41, 5.74) is 12.9. The smallest absolute Gasteiger partial charge is 0.256 e. The van der Waals surface area contributed by atoms with Crippen LogP contribution in [0.3, 0.4) is 0 Å². The topological polar surface area (TPSA) is 82.3 Å². The number of benzene rings is 2. The van der Waals surface area contributed by atoms with Crippen LogP contribution in [0.1, 0.15) is 42.9 Å². The summed E-state index contributed by atoms with van der Waals surface area (Å²) in [6, 6.07) is 15.5. The number of nitrogens with one attached hydrogen (secondary N) is 4. The van der Waals surface area contributed by atoms with Crippen molar-refractivity contribution in [2.75, 3.05) is 0 Å². The van der Waals surface area contributed by atoms with E-state index in [0.717, 1.165) is 11.1 Å². The lowest BCUT2D eigenvalue weighted by Gasteiger charge is -2.14. The number of hydrazine groups is 2. The van der Waals surface area contributed by atoms with Gasteiger partial charge in [-0.2, -0.15) is 0 Å². The van der Waals surface area contributed by atoms with E-state index in [1.165, 1.54) is 12.1 Å². The number of rotatable bonds is 5. The van der Waals surface area contributed by atoms with Crippen molar-refractivity contribution in [1.82, 2.24) is 21.7 Å². The minimum absolute atomic E-state index is 0.0381. The molecule has 3 atom stereocenters. The Morgan fingerprint density at radius 2 is 1.78 bits per heavy atom. The van der Waals surface area contributed by atoms with Crippen molar-refractivity contribution in [2.24, 2.45) is 0 Å². The number of carbonyl (C=O) groups excluding carboxylic acids is 2. The zero-order valence-electron chi connectivity index (χ0n) is 15.0. The molecule has 1 aliphatic rings. The van der Waals surface area contributed by atoms with E-state index in [1.54, 1.807) is 12.1 Å². The largest absolute Gasteiger partial charge is 0.273 e. The van der Waals surface area contributed by atoms with Gasteiger partial charge < -0.3 is 0 Å². The third-order valence-electron chi connectivity index (χ3n) is 4.68. The first-order valence-electron chi connectivity index (χ1n) is 8.93. The molecule has 0 saturated carbocycles. The maximum atomic E-state index is 13.0. The highest BCUT2D eigenvalue weighted by molar-refractivity contribution is 5.85. The van der Waals surface area contributed by atoms with Crippen molar-refractivity contribution in [3.05, 3.63) is 71.5 Å². The summed E-state index contributed by atoms with van der Waals surface area (Å²) >= 11 is 0. The molecule has 1 fully saturated rings. The predicted octanol–water partition coefficient (Wildman–Crippen LogP) is 2.07. The Morgan fingerprint density at radius 1 is 1.07 bits per heavy atom. The third kappa shape index (κ3) is 5.12. The van der Waals surface area contributed by atoms with Gasteiger partial charge in [0, 0.05) is 12.5 Å². The van der Waals surface area contributed by atoms with E-state index in [2.05, 4.69) is 21.7 Å². The van der Waals surface area contributed by atoms with Gasteiger partial charge in [-0.1, -0.05) is 49.4 Å². The molecule has 3 unspecified atom stereocenters. The molecule has 1 aliphatic heterocycles. The first kappa shape index (κ1) is 19.0. The van der Waals surface area contributed by atoms with Crippen molar-refractivity contribution in [1.29, 1.82) is 0 Å². The third-order valence-corrected chi connectivity index (χ3v) is 4.68. The van der Waals surface area contributed by atoms with Crippen LogP contribution < -0.4 is 21.7 Å². The SMILES string of the molecule is CC(CC(=O)NNC(=O)C1CC(c2ccccc2)NN1)c1ccc(F)cc1. The Balaban J connectivity index is 1.43. The van der Waals surface area contributed by atoms with Crippen LogP contribution in [-0.2, 0) is 9.59 Å². The molecule has 3 rings (SSSR count). The van der Waals surface area contributed by atoms with Crippen LogP contribution in [-0.4, -0.2) is 17.9 Å². The Morgan fingerprint density at radius 3 is 2.48 bits per heavy atom. The molecule has 2 aromatic rings. The highest BCUT2D eigenvalue weighted by Gasteiger charge is 2.30. The molecule has 6 nitrogen and oxygen atoms in total. The van der Waals surface area contributed by atoms with E-state index in [9.17, 15) is 14.0 Å². The molecule has 1 heterocycles. The molecule has 0 bridgehead atoms. The Bertz CT molecular complexity index is 782. The predicted molar refractivity (Wildman–Crippen MR) is 99.6 cm³/mol. The molecule has 4 N–H and O–H groups in total. The summed E-state index contributed by atoms with van der Waals surface area (Å²) in [7, 11) is 0.